The Hall–Kier alpha value is -3.21. The Labute approximate surface area is 177 Å². The van der Waals surface area contributed by atoms with Gasteiger partial charge in [0.1, 0.15) is 17.5 Å². The van der Waals surface area contributed by atoms with Gasteiger partial charge in [0.2, 0.25) is 5.95 Å². The zero-order valence-electron chi connectivity index (χ0n) is 15.2. The molecule has 0 radical (unpaired) electrons. The van der Waals surface area contributed by atoms with Crippen LogP contribution in [0, 0.1) is 11.3 Å². The summed E-state index contributed by atoms with van der Waals surface area (Å²) >= 11 is 12.4. The number of nitriles is 1. The number of benzene rings is 1. The van der Waals surface area contributed by atoms with Gasteiger partial charge in [0, 0.05) is 54.4 Å². The van der Waals surface area contributed by atoms with Crippen molar-refractivity contribution in [1.29, 1.82) is 5.26 Å². The van der Waals surface area contributed by atoms with Crippen LogP contribution in [0.3, 0.4) is 0 Å². The summed E-state index contributed by atoms with van der Waals surface area (Å²) in [4.78, 5) is 17.5. The Morgan fingerprint density at radius 3 is 2.69 bits per heavy atom. The van der Waals surface area contributed by atoms with E-state index in [4.69, 9.17) is 33.4 Å². The van der Waals surface area contributed by atoms with Crippen molar-refractivity contribution in [3.63, 3.8) is 0 Å². The molecule has 4 aromatic rings. The quantitative estimate of drug-likeness (QED) is 0.461. The maximum atomic E-state index is 8.80. The largest absolute Gasteiger partial charge is 0.355 e. The van der Waals surface area contributed by atoms with Gasteiger partial charge in [0.05, 0.1) is 16.3 Å². The topological polar surface area (TPSA) is 91.8 Å². The van der Waals surface area contributed by atoms with Gasteiger partial charge < -0.3 is 5.32 Å². The van der Waals surface area contributed by atoms with E-state index in [1.54, 1.807) is 18.3 Å². The van der Waals surface area contributed by atoms with Crippen LogP contribution in [0.4, 0.5) is 5.95 Å². The molecule has 0 fully saturated rings. The second-order valence-electron chi connectivity index (χ2n) is 6.27. The number of aryl methyl sites for hydroxylation is 1. The lowest BCUT2D eigenvalue weighted by Gasteiger charge is -2.11. The number of hydrogen-bond donors (Lipinski definition) is 1. The Morgan fingerprint density at radius 2 is 1.93 bits per heavy atom. The third-order valence-electron chi connectivity index (χ3n) is 4.29. The fraction of sp³-hybridized carbons (Fsp3) is 0.150. The van der Waals surface area contributed by atoms with Crippen molar-refractivity contribution in [2.24, 2.45) is 0 Å². The summed E-state index contributed by atoms with van der Waals surface area (Å²) < 4.78 is 1.88. The van der Waals surface area contributed by atoms with Crippen LogP contribution in [0.5, 0.6) is 0 Å². The Bertz CT molecular complexity index is 1200. The molecule has 9 heteroatoms. The average molecular weight is 424 g/mol. The first-order valence-corrected chi connectivity index (χ1v) is 9.64. The molecule has 29 heavy (non-hydrogen) atoms. The molecule has 7 nitrogen and oxygen atoms in total. The molecule has 1 aromatic carbocycles. The Morgan fingerprint density at radius 1 is 1.10 bits per heavy atom. The molecule has 0 aliphatic rings. The predicted molar refractivity (Wildman–Crippen MR) is 112 cm³/mol. The zero-order valence-corrected chi connectivity index (χ0v) is 16.7. The third-order valence-corrected chi connectivity index (χ3v) is 4.84. The first-order chi connectivity index (χ1) is 14.1. The van der Waals surface area contributed by atoms with E-state index in [2.05, 4.69) is 20.3 Å². The van der Waals surface area contributed by atoms with E-state index in [1.165, 1.54) is 12.4 Å². The number of imidazole rings is 1. The lowest BCUT2D eigenvalue weighted by molar-refractivity contribution is 0.793. The van der Waals surface area contributed by atoms with Crippen LogP contribution in [-0.4, -0.2) is 30.9 Å². The van der Waals surface area contributed by atoms with Gasteiger partial charge in [-0.05, 0) is 24.6 Å². The van der Waals surface area contributed by atoms with Crippen LogP contribution in [0.25, 0.3) is 16.9 Å². The van der Waals surface area contributed by atoms with Gasteiger partial charge in [-0.15, -0.1) is 0 Å². The molecule has 0 aliphatic heterocycles. The number of fused-ring (bicyclic) bond motifs is 1. The second-order valence-corrected chi connectivity index (χ2v) is 7.12. The standard InChI is InChI=1S/C20H15Cl2N7/c21-14-3-4-15(16(22)8-14)17-9-19-24-6-7-29(19)20(28-17)25-5-1-2-18-26-11-13(10-23)12-27-18/h3-4,6-9,11-12H,1-2,5H2,(H,25,28). The van der Waals surface area contributed by atoms with E-state index >= 15 is 0 Å². The number of anilines is 1. The SMILES string of the molecule is N#Cc1cnc(CCCNc2nc(-c3ccc(Cl)cc3Cl)cc3nccn23)nc1. The fourth-order valence-electron chi connectivity index (χ4n) is 2.87. The first-order valence-electron chi connectivity index (χ1n) is 8.88. The third kappa shape index (κ3) is 4.29. The zero-order chi connectivity index (χ0) is 20.2. The van der Waals surface area contributed by atoms with Gasteiger partial charge in [-0.1, -0.05) is 23.2 Å². The van der Waals surface area contributed by atoms with Gasteiger partial charge in [-0.3, -0.25) is 4.40 Å². The van der Waals surface area contributed by atoms with Crippen molar-refractivity contribution in [1.82, 2.24) is 24.3 Å². The second kappa shape index (κ2) is 8.43. The van der Waals surface area contributed by atoms with E-state index in [1.807, 2.05) is 28.8 Å². The molecular weight excluding hydrogens is 409 g/mol. The number of aromatic nitrogens is 5. The normalized spacial score (nSPS) is 10.8. The van der Waals surface area contributed by atoms with E-state index in [-0.39, 0.29) is 0 Å². The van der Waals surface area contributed by atoms with Crippen molar-refractivity contribution in [2.75, 3.05) is 11.9 Å². The summed E-state index contributed by atoms with van der Waals surface area (Å²) in [6.45, 7) is 0.668. The minimum Gasteiger partial charge on any atom is -0.355 e. The smallest absolute Gasteiger partial charge is 0.209 e. The number of hydrogen-bond acceptors (Lipinski definition) is 6. The molecule has 0 unspecified atom stereocenters. The highest BCUT2D eigenvalue weighted by Crippen LogP contribution is 2.30. The van der Waals surface area contributed by atoms with Gasteiger partial charge in [0.15, 0.2) is 0 Å². The molecular formula is C20H15Cl2N7. The molecule has 0 spiro atoms. The van der Waals surface area contributed by atoms with E-state index in [0.717, 1.165) is 17.6 Å². The van der Waals surface area contributed by atoms with Gasteiger partial charge >= 0.3 is 0 Å². The van der Waals surface area contributed by atoms with Crippen molar-refractivity contribution in [3.8, 4) is 17.3 Å². The van der Waals surface area contributed by atoms with Crippen molar-refractivity contribution >= 4 is 34.8 Å². The lowest BCUT2D eigenvalue weighted by Crippen LogP contribution is -2.10. The summed E-state index contributed by atoms with van der Waals surface area (Å²) in [6.07, 6.45) is 8.13. The number of nitrogens with one attached hydrogen (secondary N) is 1. The summed E-state index contributed by atoms with van der Waals surface area (Å²) in [7, 11) is 0. The van der Waals surface area contributed by atoms with Crippen LogP contribution >= 0.6 is 23.2 Å². The number of nitrogens with zero attached hydrogens (tertiary/aromatic N) is 6. The van der Waals surface area contributed by atoms with Crippen LogP contribution < -0.4 is 5.32 Å². The summed E-state index contributed by atoms with van der Waals surface area (Å²) in [5.41, 5.74) is 2.72. The minimum absolute atomic E-state index is 0.455. The Balaban J connectivity index is 1.50. The van der Waals surface area contributed by atoms with E-state index in [9.17, 15) is 0 Å². The van der Waals surface area contributed by atoms with Crippen LogP contribution in [0.1, 0.15) is 17.8 Å². The molecule has 1 N–H and O–H groups in total. The highest BCUT2D eigenvalue weighted by Gasteiger charge is 2.11. The average Bonchev–Trinajstić information content (AvgIpc) is 3.20. The van der Waals surface area contributed by atoms with Gasteiger partial charge in [-0.25, -0.2) is 19.9 Å². The predicted octanol–water partition coefficient (Wildman–Crippen LogP) is 4.41. The van der Waals surface area contributed by atoms with E-state index in [0.29, 0.717) is 46.0 Å². The summed E-state index contributed by atoms with van der Waals surface area (Å²) in [5, 5.41) is 13.3. The molecule has 0 saturated carbocycles. The Kier molecular flexibility index (Phi) is 5.56. The molecule has 0 aliphatic carbocycles. The van der Waals surface area contributed by atoms with Gasteiger partial charge in [-0.2, -0.15) is 5.26 Å². The maximum absolute atomic E-state index is 8.80. The number of rotatable bonds is 6. The van der Waals surface area contributed by atoms with Crippen molar-refractivity contribution < 1.29 is 0 Å². The number of halogens is 2. The lowest BCUT2D eigenvalue weighted by atomic mass is 10.1. The van der Waals surface area contributed by atoms with E-state index < -0.39 is 0 Å². The molecule has 0 saturated heterocycles. The highest BCUT2D eigenvalue weighted by molar-refractivity contribution is 6.36. The first kappa shape index (κ1) is 19.1. The van der Waals surface area contributed by atoms with Crippen LogP contribution in [-0.2, 0) is 6.42 Å². The fourth-order valence-corrected chi connectivity index (χ4v) is 3.38. The summed E-state index contributed by atoms with van der Waals surface area (Å²) in [5.74, 6) is 1.37. The van der Waals surface area contributed by atoms with Crippen LogP contribution in [0.15, 0.2) is 49.1 Å². The molecule has 3 aromatic heterocycles. The maximum Gasteiger partial charge on any atom is 0.209 e. The minimum atomic E-state index is 0.455. The molecule has 0 amide bonds. The van der Waals surface area contributed by atoms with Crippen LogP contribution in [0.2, 0.25) is 10.0 Å². The van der Waals surface area contributed by atoms with Crippen molar-refractivity contribution in [3.05, 3.63) is 70.5 Å². The monoisotopic (exact) mass is 423 g/mol. The van der Waals surface area contributed by atoms with Crippen molar-refractivity contribution in [2.45, 2.75) is 12.8 Å². The molecule has 4 rings (SSSR count). The molecule has 0 atom stereocenters. The highest BCUT2D eigenvalue weighted by atomic mass is 35.5. The van der Waals surface area contributed by atoms with Gasteiger partial charge in [0.25, 0.3) is 0 Å². The summed E-state index contributed by atoms with van der Waals surface area (Å²) in [6, 6.07) is 9.22. The molecule has 3 heterocycles. The molecule has 144 valence electrons. The molecule has 0 bridgehead atoms.